The van der Waals surface area contributed by atoms with Gasteiger partial charge in [-0.2, -0.15) is 5.10 Å². The van der Waals surface area contributed by atoms with Crippen molar-refractivity contribution in [3.63, 3.8) is 0 Å². The monoisotopic (exact) mass is 367 g/mol. The fourth-order valence-corrected chi connectivity index (χ4v) is 2.45. The molecule has 0 unspecified atom stereocenters. The maximum atomic E-state index is 12.0. The van der Waals surface area contributed by atoms with Crippen LogP contribution in [-0.2, 0) is 16.0 Å². The average Bonchev–Trinajstić information content (AvgIpc) is 2.61. The van der Waals surface area contributed by atoms with Gasteiger partial charge in [0.1, 0.15) is 12.2 Å². The predicted molar refractivity (Wildman–Crippen MR) is 107 cm³/mol. The van der Waals surface area contributed by atoms with Crippen LogP contribution in [0.3, 0.4) is 0 Å². The van der Waals surface area contributed by atoms with E-state index >= 15 is 0 Å². The number of anilines is 1. The van der Waals surface area contributed by atoms with Crippen LogP contribution in [0.1, 0.15) is 38.3 Å². The summed E-state index contributed by atoms with van der Waals surface area (Å²) < 4.78 is 5.61. The van der Waals surface area contributed by atoms with Gasteiger partial charge in [-0.1, -0.05) is 37.3 Å². The van der Waals surface area contributed by atoms with Crippen LogP contribution in [0.4, 0.5) is 5.69 Å². The fraction of sp³-hybridized carbons (Fsp3) is 0.286. The lowest BCUT2D eigenvalue weighted by Gasteiger charge is -2.09. The van der Waals surface area contributed by atoms with Gasteiger partial charge in [-0.15, -0.1) is 0 Å². The molecule has 0 aliphatic rings. The molecule has 6 heteroatoms. The molecule has 27 heavy (non-hydrogen) atoms. The Morgan fingerprint density at radius 2 is 1.89 bits per heavy atom. The second kappa shape index (κ2) is 10.1. The number of carbonyl (C=O) groups is 2. The predicted octanol–water partition coefficient (Wildman–Crippen LogP) is 3.52. The number of benzene rings is 2. The van der Waals surface area contributed by atoms with Crippen LogP contribution in [0.2, 0.25) is 0 Å². The molecule has 0 bridgehead atoms. The van der Waals surface area contributed by atoms with Crippen LogP contribution in [0, 0.1) is 0 Å². The van der Waals surface area contributed by atoms with Gasteiger partial charge in [0.2, 0.25) is 11.8 Å². The Balaban J connectivity index is 1.85. The molecule has 0 aromatic heterocycles. The summed E-state index contributed by atoms with van der Waals surface area (Å²) in [4.78, 5) is 23.9. The number of hydrogen-bond donors (Lipinski definition) is 2. The van der Waals surface area contributed by atoms with E-state index in [-0.39, 0.29) is 18.4 Å². The van der Waals surface area contributed by atoms with Crippen LogP contribution in [0.15, 0.2) is 53.6 Å². The first-order valence-electron chi connectivity index (χ1n) is 8.94. The minimum absolute atomic E-state index is 0.0771. The molecule has 0 saturated carbocycles. The highest BCUT2D eigenvalue weighted by Crippen LogP contribution is 2.15. The van der Waals surface area contributed by atoms with Crippen LogP contribution < -0.4 is 15.5 Å². The molecular weight excluding hydrogens is 342 g/mol. The third-order valence-corrected chi connectivity index (χ3v) is 3.63. The number of nitrogens with zero attached hydrogens (tertiary/aromatic N) is 1. The molecule has 0 aliphatic carbocycles. The van der Waals surface area contributed by atoms with Gasteiger partial charge >= 0.3 is 0 Å². The van der Waals surface area contributed by atoms with Crippen molar-refractivity contribution in [3.05, 3.63) is 59.7 Å². The maximum absolute atomic E-state index is 12.0. The van der Waals surface area contributed by atoms with Crippen LogP contribution >= 0.6 is 0 Å². The Hall–Kier alpha value is -3.15. The molecule has 6 nitrogen and oxygen atoms in total. The number of hydrogen-bond acceptors (Lipinski definition) is 4. The number of nitrogens with one attached hydrogen (secondary N) is 2. The minimum Gasteiger partial charge on any atom is -0.491 e. The van der Waals surface area contributed by atoms with Gasteiger partial charge in [0.05, 0.1) is 12.3 Å². The van der Waals surface area contributed by atoms with E-state index in [4.69, 9.17) is 4.74 Å². The minimum atomic E-state index is -0.479. The Morgan fingerprint density at radius 1 is 1.11 bits per heavy atom. The zero-order valence-electron chi connectivity index (χ0n) is 15.9. The number of aryl methyl sites for hydroxylation is 1. The third kappa shape index (κ3) is 6.93. The fourth-order valence-electron chi connectivity index (χ4n) is 2.45. The first-order valence-corrected chi connectivity index (χ1v) is 8.94. The van der Waals surface area contributed by atoms with Crippen molar-refractivity contribution in [2.75, 3.05) is 5.32 Å². The zero-order chi connectivity index (χ0) is 19.6. The van der Waals surface area contributed by atoms with Crippen molar-refractivity contribution in [2.24, 2.45) is 5.10 Å². The molecule has 0 atom stereocenters. The van der Waals surface area contributed by atoms with E-state index in [0.29, 0.717) is 0 Å². The molecule has 2 amide bonds. The van der Waals surface area contributed by atoms with Gasteiger partial charge < -0.3 is 10.1 Å². The summed E-state index contributed by atoms with van der Waals surface area (Å²) in [6.07, 6.45) is 2.08. The lowest BCUT2D eigenvalue weighted by Crippen LogP contribution is -2.25. The SMILES string of the molecule is CCc1ccccc1NC(=O)CC(=O)NN=Cc1cccc(OC(C)C)c1. The van der Waals surface area contributed by atoms with Crippen molar-refractivity contribution in [3.8, 4) is 5.75 Å². The Labute approximate surface area is 159 Å². The highest BCUT2D eigenvalue weighted by Gasteiger charge is 2.10. The molecule has 0 radical (unpaired) electrons. The molecule has 2 N–H and O–H groups in total. The summed E-state index contributed by atoms with van der Waals surface area (Å²) >= 11 is 0. The van der Waals surface area contributed by atoms with Gasteiger partial charge in [-0.3, -0.25) is 9.59 Å². The smallest absolute Gasteiger partial charge is 0.249 e. The quantitative estimate of drug-likeness (QED) is 0.426. The Morgan fingerprint density at radius 3 is 2.63 bits per heavy atom. The van der Waals surface area contributed by atoms with E-state index in [1.165, 1.54) is 6.21 Å². The summed E-state index contributed by atoms with van der Waals surface area (Å²) in [6, 6.07) is 14.9. The normalized spacial score (nSPS) is 10.8. The van der Waals surface area contributed by atoms with Gasteiger partial charge in [0.25, 0.3) is 0 Å². The largest absolute Gasteiger partial charge is 0.491 e. The molecule has 142 valence electrons. The van der Waals surface area contributed by atoms with Crippen LogP contribution in [0.25, 0.3) is 0 Å². The molecule has 0 fully saturated rings. The van der Waals surface area contributed by atoms with Crippen LogP contribution in [0.5, 0.6) is 5.75 Å². The Bertz CT molecular complexity index is 816. The van der Waals surface area contributed by atoms with Crippen LogP contribution in [-0.4, -0.2) is 24.1 Å². The van der Waals surface area contributed by atoms with E-state index in [0.717, 1.165) is 29.0 Å². The summed E-state index contributed by atoms with van der Waals surface area (Å²) in [5.74, 6) is -0.127. The van der Waals surface area contributed by atoms with E-state index in [2.05, 4.69) is 15.8 Å². The number of ether oxygens (including phenoxy) is 1. The molecule has 2 aromatic rings. The lowest BCUT2D eigenvalue weighted by molar-refractivity contribution is -0.126. The van der Waals surface area contributed by atoms with Crippen molar-refractivity contribution >= 4 is 23.7 Å². The topological polar surface area (TPSA) is 79.8 Å². The lowest BCUT2D eigenvalue weighted by atomic mass is 10.1. The van der Waals surface area contributed by atoms with Crippen molar-refractivity contribution in [2.45, 2.75) is 39.7 Å². The highest BCUT2D eigenvalue weighted by atomic mass is 16.5. The zero-order valence-corrected chi connectivity index (χ0v) is 15.9. The van der Waals surface area contributed by atoms with E-state index < -0.39 is 5.91 Å². The first-order chi connectivity index (χ1) is 13.0. The average molecular weight is 367 g/mol. The number of para-hydroxylation sites is 1. The number of hydrazone groups is 1. The second-order valence-electron chi connectivity index (χ2n) is 6.27. The Kier molecular flexibility index (Phi) is 7.55. The first kappa shape index (κ1) is 20.2. The molecule has 2 rings (SSSR count). The van der Waals surface area contributed by atoms with Crippen molar-refractivity contribution in [1.82, 2.24) is 5.43 Å². The summed E-state index contributed by atoms with van der Waals surface area (Å²) in [5, 5.41) is 6.65. The molecule has 0 aliphatic heterocycles. The van der Waals surface area contributed by atoms with Gasteiger partial charge in [-0.05, 0) is 49.6 Å². The maximum Gasteiger partial charge on any atom is 0.249 e. The van der Waals surface area contributed by atoms with Crippen molar-refractivity contribution in [1.29, 1.82) is 0 Å². The third-order valence-electron chi connectivity index (χ3n) is 3.63. The van der Waals surface area contributed by atoms with Gasteiger partial charge in [-0.25, -0.2) is 5.43 Å². The van der Waals surface area contributed by atoms with Gasteiger partial charge in [0.15, 0.2) is 0 Å². The molecule has 0 heterocycles. The second-order valence-corrected chi connectivity index (χ2v) is 6.27. The summed E-state index contributed by atoms with van der Waals surface area (Å²) in [5.41, 5.74) is 4.90. The summed E-state index contributed by atoms with van der Waals surface area (Å²) in [7, 11) is 0. The van der Waals surface area contributed by atoms with Gasteiger partial charge in [0, 0.05) is 5.69 Å². The number of carbonyl (C=O) groups excluding carboxylic acids is 2. The molecule has 2 aromatic carbocycles. The molecular formula is C21H25N3O3. The number of rotatable bonds is 8. The van der Waals surface area contributed by atoms with E-state index in [1.54, 1.807) is 0 Å². The highest BCUT2D eigenvalue weighted by molar-refractivity contribution is 6.04. The van der Waals surface area contributed by atoms with Crippen molar-refractivity contribution < 1.29 is 14.3 Å². The number of amides is 2. The summed E-state index contributed by atoms with van der Waals surface area (Å²) in [6.45, 7) is 5.91. The standard InChI is InChI=1S/C21H25N3O3/c1-4-17-9-5-6-11-19(17)23-20(25)13-21(26)24-22-14-16-8-7-10-18(12-16)27-15(2)3/h5-12,14-15H,4,13H2,1-3H3,(H,23,25)(H,24,26). The van der Waals surface area contributed by atoms with E-state index in [1.807, 2.05) is 69.3 Å². The molecule has 0 spiro atoms. The van der Waals surface area contributed by atoms with E-state index in [9.17, 15) is 9.59 Å². The molecule has 0 saturated heterocycles.